The lowest BCUT2D eigenvalue weighted by Crippen LogP contribution is -2.74. The fourth-order valence-electron chi connectivity index (χ4n) is 8.72. The Labute approximate surface area is 240 Å². The van der Waals surface area contributed by atoms with Gasteiger partial charge in [0.05, 0.1) is 24.6 Å². The summed E-state index contributed by atoms with van der Waals surface area (Å²) in [6.07, 6.45) is 0.386. The first-order chi connectivity index (χ1) is 19.6. The Morgan fingerprint density at radius 1 is 0.951 bits per heavy atom. The van der Waals surface area contributed by atoms with Crippen LogP contribution in [0.4, 0.5) is 0 Å². The smallest absolute Gasteiger partial charge is 0.352 e. The van der Waals surface area contributed by atoms with Gasteiger partial charge in [-0.2, -0.15) is 0 Å². The number of hydrogen-bond acceptors (Lipinski definition) is 4. The van der Waals surface area contributed by atoms with Crippen LogP contribution in [0.25, 0.3) is 16.7 Å². The number of benzene rings is 2. The van der Waals surface area contributed by atoms with Crippen molar-refractivity contribution in [3.05, 3.63) is 64.3 Å². The topological polar surface area (TPSA) is 94.9 Å². The molecule has 8 heteroatoms. The van der Waals surface area contributed by atoms with E-state index in [1.807, 2.05) is 31.2 Å². The van der Waals surface area contributed by atoms with Gasteiger partial charge in [0.1, 0.15) is 51.5 Å². The molecule has 2 aromatic rings. The van der Waals surface area contributed by atoms with Crippen molar-refractivity contribution in [2.75, 3.05) is 45.8 Å². The molecule has 1 aliphatic carbocycles. The van der Waals surface area contributed by atoms with Gasteiger partial charge in [0.15, 0.2) is 5.78 Å². The Hall–Kier alpha value is -3.33. The minimum absolute atomic E-state index is 0.0341. The van der Waals surface area contributed by atoms with Crippen LogP contribution in [-0.2, 0) is 16.1 Å². The van der Waals surface area contributed by atoms with E-state index in [1.54, 1.807) is 6.92 Å². The van der Waals surface area contributed by atoms with Gasteiger partial charge in [-0.25, -0.2) is 4.79 Å². The van der Waals surface area contributed by atoms with E-state index in [0.29, 0.717) is 22.3 Å². The van der Waals surface area contributed by atoms with Crippen molar-refractivity contribution in [2.45, 2.75) is 45.9 Å². The summed E-state index contributed by atoms with van der Waals surface area (Å²) in [6, 6.07) is 11.5. The number of aliphatic hydroxyl groups excluding tert-OH is 1. The number of rotatable bonds is 7. The maximum atomic E-state index is 13.6. The van der Waals surface area contributed by atoms with E-state index in [9.17, 15) is 24.6 Å². The van der Waals surface area contributed by atoms with Gasteiger partial charge in [0, 0.05) is 22.6 Å². The minimum atomic E-state index is -1.17. The Morgan fingerprint density at radius 3 is 2.24 bits per heavy atom. The van der Waals surface area contributed by atoms with E-state index in [0.717, 1.165) is 22.2 Å². The molecule has 8 rings (SSSR count). The maximum absolute atomic E-state index is 13.6. The third-order valence-corrected chi connectivity index (χ3v) is 10.9. The number of amides is 1. The van der Waals surface area contributed by atoms with E-state index in [4.69, 9.17) is 0 Å². The van der Waals surface area contributed by atoms with Gasteiger partial charge in [-0.05, 0) is 53.8 Å². The zero-order chi connectivity index (χ0) is 28.8. The molecule has 1 amide bonds. The number of nitrogens with zero attached hydrogens (tertiary/aromatic N) is 3. The van der Waals surface area contributed by atoms with Crippen LogP contribution in [0.1, 0.15) is 54.2 Å². The third-order valence-electron chi connectivity index (χ3n) is 10.9. The SMILES string of the molecule is CCC[N+]12CC[N+](Cc3ccc4c(c3)-c3ccc(C5=C(C(=O)O)N6C(=O)[C@H]([C@@H](C)O)[C@H]6[C@H]5C)cc3C4=O)(CC1)CC2. The molecular weight excluding hydrogens is 518 g/mol. The van der Waals surface area contributed by atoms with E-state index < -0.39 is 24.0 Å². The number of β-lactam (4-membered cyclic amide) rings is 1. The fourth-order valence-corrected chi connectivity index (χ4v) is 8.72. The number of fused-ring (bicyclic) bond motifs is 7. The molecule has 0 unspecified atom stereocenters. The number of carbonyl (C=O) groups is 3. The molecule has 4 saturated heterocycles. The molecule has 6 aliphatic rings. The number of aliphatic hydroxyl groups is 1. The summed E-state index contributed by atoms with van der Waals surface area (Å²) in [6.45, 7) is 15.5. The van der Waals surface area contributed by atoms with E-state index in [-0.39, 0.29) is 23.3 Å². The molecule has 4 atom stereocenters. The summed E-state index contributed by atoms with van der Waals surface area (Å²) in [5.41, 5.74) is 5.54. The van der Waals surface area contributed by atoms with Crippen molar-refractivity contribution in [3.8, 4) is 11.1 Å². The molecule has 5 heterocycles. The average Bonchev–Trinajstić information content (AvgIpc) is 3.37. The van der Waals surface area contributed by atoms with Gasteiger partial charge in [0.2, 0.25) is 5.91 Å². The fraction of sp³-hybridized carbons (Fsp3) is 0.485. The monoisotopic (exact) mass is 557 g/mol. The number of aliphatic carboxylic acids is 1. The molecule has 0 radical (unpaired) electrons. The molecule has 0 saturated carbocycles. The highest BCUT2D eigenvalue weighted by molar-refractivity contribution is 6.22. The summed E-state index contributed by atoms with van der Waals surface area (Å²) < 4.78 is 2.42. The van der Waals surface area contributed by atoms with Crippen molar-refractivity contribution in [1.29, 1.82) is 0 Å². The van der Waals surface area contributed by atoms with Gasteiger partial charge >= 0.3 is 5.97 Å². The van der Waals surface area contributed by atoms with E-state index in [1.165, 1.54) is 67.2 Å². The standard InChI is InChI=1S/C33H38N3O5/c1-4-9-35-10-13-36(14-11-35,15-12-35)18-21-5-7-24-25(16-21)23-8-6-22(17-26(23)31(24)38)27-19(2)29-28(20(3)37)32(39)34(29)30(27)33(40)41/h5-8,16-17,19-20,28-29,37H,4,9-15,18H2,1-3H3/q+1/p+1/t19-,20+,28+,29+,35?,36?/m0/s1. The number of carbonyl (C=O) groups excluding carboxylic acids is 2. The lowest BCUT2D eigenvalue weighted by atomic mass is 9.76. The van der Waals surface area contributed by atoms with Crippen LogP contribution in [0, 0.1) is 11.8 Å². The molecule has 8 nitrogen and oxygen atoms in total. The highest BCUT2D eigenvalue weighted by Crippen LogP contribution is 2.51. The van der Waals surface area contributed by atoms with Gasteiger partial charge in [0.25, 0.3) is 0 Å². The molecule has 0 aromatic heterocycles. The van der Waals surface area contributed by atoms with Crippen molar-refractivity contribution in [2.24, 2.45) is 11.8 Å². The van der Waals surface area contributed by atoms with Crippen molar-refractivity contribution in [1.82, 2.24) is 4.90 Å². The Kier molecular flexibility index (Phi) is 5.88. The molecule has 214 valence electrons. The lowest BCUT2D eigenvalue weighted by Gasteiger charge is -2.55. The number of hydrogen-bond donors (Lipinski definition) is 2. The van der Waals surface area contributed by atoms with Crippen molar-refractivity contribution < 1.29 is 33.6 Å². The average molecular weight is 558 g/mol. The lowest BCUT2D eigenvalue weighted by molar-refractivity contribution is -1.09. The molecule has 5 aliphatic heterocycles. The van der Waals surface area contributed by atoms with Gasteiger partial charge in [-0.1, -0.05) is 32.0 Å². The van der Waals surface area contributed by atoms with Crippen LogP contribution in [0.15, 0.2) is 42.1 Å². The van der Waals surface area contributed by atoms with Gasteiger partial charge < -0.3 is 24.1 Å². The number of carboxylic acid groups (broad SMARTS) is 1. The second kappa shape index (κ2) is 9.08. The van der Waals surface area contributed by atoms with Crippen LogP contribution in [0.5, 0.6) is 0 Å². The summed E-state index contributed by atoms with van der Waals surface area (Å²) >= 11 is 0. The predicted molar refractivity (Wildman–Crippen MR) is 153 cm³/mol. The van der Waals surface area contributed by atoms with Crippen LogP contribution < -0.4 is 0 Å². The zero-order valence-corrected chi connectivity index (χ0v) is 24.1. The third kappa shape index (κ3) is 3.73. The number of piperazine rings is 3. The Bertz CT molecular complexity index is 1520. The summed E-state index contributed by atoms with van der Waals surface area (Å²) in [5, 5.41) is 20.3. The minimum Gasteiger partial charge on any atom is -0.477 e. The second-order valence-electron chi connectivity index (χ2n) is 13.2. The number of carboxylic acids is 1. The van der Waals surface area contributed by atoms with Crippen LogP contribution in [0.3, 0.4) is 0 Å². The Morgan fingerprint density at radius 2 is 1.61 bits per heavy atom. The number of quaternary nitrogens is 2. The van der Waals surface area contributed by atoms with Crippen molar-refractivity contribution >= 4 is 23.2 Å². The Balaban J connectivity index is 1.19. The number of ketones is 1. The molecule has 2 bridgehead atoms. The molecular formula is C33H39N3O5+2. The van der Waals surface area contributed by atoms with Gasteiger partial charge in [-0.3, -0.25) is 9.59 Å². The summed E-state index contributed by atoms with van der Waals surface area (Å²) in [4.78, 5) is 40.0. The van der Waals surface area contributed by atoms with Crippen LogP contribution in [0.2, 0.25) is 0 Å². The van der Waals surface area contributed by atoms with Crippen LogP contribution >= 0.6 is 0 Å². The highest BCUT2D eigenvalue weighted by atomic mass is 16.4. The normalized spacial score (nSPS) is 32.1. The zero-order valence-electron chi connectivity index (χ0n) is 24.1. The second-order valence-corrected chi connectivity index (χ2v) is 13.2. The first-order valence-corrected chi connectivity index (χ1v) is 15.1. The highest BCUT2D eigenvalue weighted by Gasteiger charge is 2.60. The largest absolute Gasteiger partial charge is 0.477 e. The van der Waals surface area contributed by atoms with Gasteiger partial charge in [-0.15, -0.1) is 0 Å². The quantitative estimate of drug-likeness (QED) is 0.344. The molecule has 2 N–H and O–H groups in total. The first-order valence-electron chi connectivity index (χ1n) is 15.1. The van der Waals surface area contributed by atoms with E-state index >= 15 is 0 Å². The maximum Gasteiger partial charge on any atom is 0.352 e. The first kappa shape index (κ1) is 26.6. The molecule has 2 aromatic carbocycles. The summed E-state index contributed by atoms with van der Waals surface area (Å²) in [5.74, 6) is -2.47. The molecule has 0 spiro atoms. The summed E-state index contributed by atoms with van der Waals surface area (Å²) in [7, 11) is 0. The molecule has 4 fully saturated rings. The van der Waals surface area contributed by atoms with Crippen molar-refractivity contribution in [3.63, 3.8) is 0 Å². The van der Waals surface area contributed by atoms with Crippen LogP contribution in [-0.4, -0.2) is 99.7 Å². The van der Waals surface area contributed by atoms with E-state index in [2.05, 4.69) is 19.1 Å². The molecule has 41 heavy (non-hydrogen) atoms. The predicted octanol–water partition coefficient (Wildman–Crippen LogP) is 3.12.